The zero-order chi connectivity index (χ0) is 29.4. The molecule has 0 radical (unpaired) electrons. The minimum Gasteiger partial charge on any atom is -0.481 e. The molecule has 1 spiro atoms. The van der Waals surface area contributed by atoms with Gasteiger partial charge in [0, 0.05) is 32.0 Å². The number of aliphatic carboxylic acids is 1. The van der Waals surface area contributed by atoms with Gasteiger partial charge < -0.3 is 5.11 Å². The van der Waals surface area contributed by atoms with Crippen molar-refractivity contribution in [1.29, 1.82) is 0 Å². The van der Waals surface area contributed by atoms with E-state index in [9.17, 15) is 19.5 Å². The molecular formula is C31H27IN6O4. The summed E-state index contributed by atoms with van der Waals surface area (Å²) in [5, 5.41) is 10.6. The molecule has 2 aliphatic rings. The van der Waals surface area contributed by atoms with E-state index in [-0.39, 0.29) is 18.9 Å². The normalized spacial score (nSPS) is 20.9. The Labute approximate surface area is 256 Å². The van der Waals surface area contributed by atoms with Gasteiger partial charge in [-0.25, -0.2) is 24.6 Å². The Kier molecular flexibility index (Phi) is 7.45. The summed E-state index contributed by atoms with van der Waals surface area (Å²) >= 11 is 2.01. The summed E-state index contributed by atoms with van der Waals surface area (Å²) in [6.45, 7) is 2.81. The van der Waals surface area contributed by atoms with Crippen LogP contribution in [0.5, 0.6) is 0 Å². The van der Waals surface area contributed by atoms with E-state index in [1.165, 1.54) is 11.1 Å². The molecule has 2 aromatic heterocycles. The number of urea groups is 1. The third-order valence-corrected chi connectivity index (χ3v) is 8.61. The van der Waals surface area contributed by atoms with Crippen molar-refractivity contribution < 1.29 is 19.5 Å². The third-order valence-electron chi connectivity index (χ3n) is 8.01. The minimum absolute atomic E-state index is 0.00364. The van der Waals surface area contributed by atoms with Gasteiger partial charge in [0.15, 0.2) is 0 Å². The number of benzene rings is 2. The maximum absolute atomic E-state index is 14.5. The maximum atomic E-state index is 14.5. The van der Waals surface area contributed by atoms with Gasteiger partial charge in [-0.2, -0.15) is 0 Å². The summed E-state index contributed by atoms with van der Waals surface area (Å²) in [7, 11) is 0. The van der Waals surface area contributed by atoms with Crippen LogP contribution in [0, 0.1) is 16.5 Å². The first-order chi connectivity index (χ1) is 20.3. The Morgan fingerprint density at radius 3 is 2.40 bits per heavy atom. The maximum Gasteiger partial charge on any atom is 0.339 e. The first-order valence-electron chi connectivity index (χ1n) is 13.5. The average molecular weight is 674 g/mol. The van der Waals surface area contributed by atoms with Gasteiger partial charge in [-0.05, 0) is 76.9 Å². The third kappa shape index (κ3) is 4.81. The number of carboxylic acids is 1. The summed E-state index contributed by atoms with van der Waals surface area (Å²) in [4.78, 5) is 59.1. The molecule has 42 heavy (non-hydrogen) atoms. The van der Waals surface area contributed by atoms with Gasteiger partial charge in [0.25, 0.3) is 5.91 Å². The summed E-state index contributed by atoms with van der Waals surface area (Å²) < 4.78 is 0.564. The van der Waals surface area contributed by atoms with Crippen LogP contribution in [0.2, 0.25) is 0 Å². The van der Waals surface area contributed by atoms with Gasteiger partial charge in [-0.1, -0.05) is 48.5 Å². The summed E-state index contributed by atoms with van der Waals surface area (Å²) in [5.41, 5.74) is 2.40. The fourth-order valence-corrected chi connectivity index (χ4v) is 6.23. The molecule has 2 unspecified atom stereocenters. The number of halogens is 1. The Morgan fingerprint density at radius 1 is 0.976 bits per heavy atom. The lowest BCUT2D eigenvalue weighted by molar-refractivity contribution is -0.150. The fourth-order valence-electron chi connectivity index (χ4n) is 5.86. The van der Waals surface area contributed by atoms with E-state index in [2.05, 4.69) is 15.0 Å². The van der Waals surface area contributed by atoms with Crippen molar-refractivity contribution >= 4 is 52.1 Å². The second kappa shape index (κ2) is 11.2. The number of amides is 3. The van der Waals surface area contributed by atoms with E-state index in [4.69, 9.17) is 0 Å². The van der Waals surface area contributed by atoms with E-state index >= 15 is 0 Å². The average Bonchev–Trinajstić information content (AvgIpc) is 3.21. The number of carbonyl (C=O) groups excluding carboxylic acids is 2. The van der Waals surface area contributed by atoms with E-state index in [0.29, 0.717) is 22.5 Å². The molecule has 0 aliphatic carbocycles. The van der Waals surface area contributed by atoms with Crippen LogP contribution in [0.1, 0.15) is 17.7 Å². The quantitative estimate of drug-likeness (QED) is 0.177. The van der Waals surface area contributed by atoms with Gasteiger partial charge in [0.1, 0.15) is 15.2 Å². The van der Waals surface area contributed by atoms with Crippen molar-refractivity contribution in [2.75, 3.05) is 22.9 Å². The van der Waals surface area contributed by atoms with Crippen molar-refractivity contribution in [3.63, 3.8) is 0 Å². The predicted octanol–water partition coefficient (Wildman–Crippen LogP) is 4.77. The number of aryl methyl sites for hydroxylation is 1. The highest BCUT2D eigenvalue weighted by Crippen LogP contribution is 2.45. The van der Waals surface area contributed by atoms with Crippen molar-refractivity contribution in [3.05, 3.63) is 100 Å². The Balaban J connectivity index is 1.40. The predicted molar refractivity (Wildman–Crippen MR) is 165 cm³/mol. The standard InChI is InChI=1S/C31H27IN6O4/c1-20-6-5-15-33-25(20)19-36-17-14-31(24(18-36)27(39)40)28(41)37(30(42)38(31)29-34-16-13-26(32)35-29)23-11-9-22(10-12-23)21-7-3-2-4-8-21/h2-13,15-16,24H,14,17-19H2,1H3,(H,39,40). The Morgan fingerprint density at radius 2 is 1.71 bits per heavy atom. The number of pyridine rings is 1. The monoisotopic (exact) mass is 674 g/mol. The molecule has 3 amide bonds. The van der Waals surface area contributed by atoms with Gasteiger partial charge in [0.2, 0.25) is 5.95 Å². The lowest BCUT2D eigenvalue weighted by Gasteiger charge is -2.45. The second-order valence-electron chi connectivity index (χ2n) is 10.4. The van der Waals surface area contributed by atoms with Crippen LogP contribution in [0.25, 0.3) is 11.1 Å². The van der Waals surface area contributed by atoms with Crippen molar-refractivity contribution in [2.24, 2.45) is 5.92 Å². The number of aromatic nitrogens is 3. The van der Waals surface area contributed by atoms with Gasteiger partial charge in [0.05, 0.1) is 11.4 Å². The fraction of sp³-hybridized carbons (Fsp3) is 0.226. The Hall–Kier alpha value is -4.23. The lowest BCUT2D eigenvalue weighted by atomic mass is 9.76. The Bertz CT molecular complexity index is 1670. The summed E-state index contributed by atoms with van der Waals surface area (Å²) in [6, 6.07) is 21.7. The first kappa shape index (κ1) is 27.9. The molecule has 4 heterocycles. The topological polar surface area (TPSA) is 120 Å². The number of anilines is 2. The van der Waals surface area contributed by atoms with Crippen LogP contribution in [-0.2, 0) is 16.1 Å². The second-order valence-corrected chi connectivity index (χ2v) is 11.5. The molecule has 212 valence electrons. The zero-order valence-corrected chi connectivity index (χ0v) is 24.9. The van der Waals surface area contributed by atoms with Gasteiger partial charge in [-0.3, -0.25) is 19.5 Å². The van der Waals surface area contributed by atoms with E-state index in [1.807, 2.05) is 89.0 Å². The molecule has 2 saturated heterocycles. The van der Waals surface area contributed by atoms with E-state index in [1.54, 1.807) is 24.4 Å². The van der Waals surface area contributed by atoms with E-state index < -0.39 is 29.4 Å². The van der Waals surface area contributed by atoms with Crippen LogP contribution >= 0.6 is 22.6 Å². The molecule has 2 aliphatic heterocycles. The lowest BCUT2D eigenvalue weighted by Crippen LogP contribution is -2.65. The number of hydrogen-bond acceptors (Lipinski definition) is 7. The van der Waals surface area contributed by atoms with E-state index in [0.717, 1.165) is 27.3 Å². The van der Waals surface area contributed by atoms with Crippen molar-refractivity contribution in [1.82, 2.24) is 19.9 Å². The van der Waals surface area contributed by atoms with Crippen LogP contribution in [0.15, 0.2) is 85.2 Å². The summed E-state index contributed by atoms with van der Waals surface area (Å²) in [5.74, 6) is -3.00. The molecule has 6 rings (SSSR count). The molecule has 2 fully saturated rings. The molecule has 1 N–H and O–H groups in total. The highest BCUT2D eigenvalue weighted by Gasteiger charge is 2.66. The highest BCUT2D eigenvalue weighted by molar-refractivity contribution is 14.1. The van der Waals surface area contributed by atoms with Crippen LogP contribution in [0.3, 0.4) is 0 Å². The minimum atomic E-state index is -1.71. The zero-order valence-electron chi connectivity index (χ0n) is 22.7. The molecule has 4 aromatic rings. The summed E-state index contributed by atoms with van der Waals surface area (Å²) in [6.07, 6.45) is 3.30. The number of hydrogen-bond donors (Lipinski definition) is 1. The van der Waals surface area contributed by atoms with Crippen LogP contribution in [0.4, 0.5) is 16.4 Å². The number of rotatable bonds is 6. The number of likely N-dealkylation sites (tertiary alicyclic amines) is 1. The van der Waals surface area contributed by atoms with Crippen molar-refractivity contribution in [2.45, 2.75) is 25.4 Å². The molecule has 11 heteroatoms. The molecule has 10 nitrogen and oxygen atoms in total. The first-order valence-corrected chi connectivity index (χ1v) is 14.6. The molecule has 0 saturated carbocycles. The van der Waals surface area contributed by atoms with Crippen LogP contribution < -0.4 is 9.80 Å². The highest BCUT2D eigenvalue weighted by atomic mass is 127. The number of imide groups is 1. The van der Waals surface area contributed by atoms with Crippen LogP contribution in [-0.4, -0.2) is 61.5 Å². The number of carboxylic acid groups (broad SMARTS) is 1. The number of nitrogens with zero attached hydrogens (tertiary/aromatic N) is 6. The molecule has 2 aromatic carbocycles. The molecule has 0 bridgehead atoms. The number of carbonyl (C=O) groups is 3. The van der Waals surface area contributed by atoms with Gasteiger partial charge >= 0.3 is 12.0 Å². The van der Waals surface area contributed by atoms with Crippen molar-refractivity contribution in [3.8, 4) is 11.1 Å². The SMILES string of the molecule is Cc1cccnc1CN1CCC2(C(=O)N(c3ccc(-c4ccccc4)cc3)C(=O)N2c2nccc(I)n2)C(C(=O)O)C1. The smallest absolute Gasteiger partial charge is 0.339 e. The van der Waals surface area contributed by atoms with Gasteiger partial charge in [-0.15, -0.1) is 0 Å². The molecule has 2 atom stereocenters. The molecular weight excluding hydrogens is 647 g/mol. The largest absolute Gasteiger partial charge is 0.481 e. The number of piperidine rings is 1.